The topological polar surface area (TPSA) is 103 Å². The minimum absolute atomic E-state index is 0.0245. The molecule has 2 fully saturated rings. The lowest BCUT2D eigenvalue weighted by Crippen LogP contribution is -2.51. The van der Waals surface area contributed by atoms with Crippen LogP contribution in [0.5, 0.6) is 0 Å². The van der Waals surface area contributed by atoms with Gasteiger partial charge in [-0.3, -0.25) is 14.5 Å². The van der Waals surface area contributed by atoms with Crippen LogP contribution in [0.25, 0.3) is 0 Å². The molecule has 1 aromatic carbocycles. The van der Waals surface area contributed by atoms with Gasteiger partial charge in [0.05, 0.1) is 5.56 Å². The number of piperidine rings is 1. The Bertz CT molecular complexity index is 1200. The number of aromatic nitrogens is 1. The van der Waals surface area contributed by atoms with Gasteiger partial charge in [-0.2, -0.15) is 0 Å². The van der Waals surface area contributed by atoms with Gasteiger partial charge in [-0.1, -0.05) is 29.7 Å². The molecular formula is C26H27ClN4O4. The first-order valence-electron chi connectivity index (χ1n) is 11.6. The van der Waals surface area contributed by atoms with Crippen molar-refractivity contribution in [2.24, 2.45) is 0 Å². The zero-order valence-electron chi connectivity index (χ0n) is 19.5. The maximum absolute atomic E-state index is 13.1. The van der Waals surface area contributed by atoms with Crippen molar-refractivity contribution < 1.29 is 19.5 Å². The number of aryl methyl sites for hydroxylation is 1. The number of anilines is 1. The number of hydrogen-bond acceptors (Lipinski definition) is 5. The molecule has 2 saturated heterocycles. The molecule has 1 aromatic heterocycles. The summed E-state index contributed by atoms with van der Waals surface area (Å²) in [5, 5.41) is 12.7. The van der Waals surface area contributed by atoms with Crippen molar-refractivity contribution >= 4 is 35.2 Å². The number of hydrogen-bond donors (Lipinski definition) is 2. The summed E-state index contributed by atoms with van der Waals surface area (Å²) in [4.78, 5) is 45.4. The maximum atomic E-state index is 13.1. The Morgan fingerprint density at radius 2 is 1.97 bits per heavy atom. The van der Waals surface area contributed by atoms with E-state index < -0.39 is 12.0 Å². The van der Waals surface area contributed by atoms with E-state index in [1.807, 2.05) is 19.1 Å². The normalized spacial score (nSPS) is 18.9. The largest absolute Gasteiger partial charge is 0.478 e. The van der Waals surface area contributed by atoms with Crippen LogP contribution in [-0.4, -0.2) is 62.8 Å². The van der Waals surface area contributed by atoms with E-state index in [1.165, 1.54) is 17.7 Å². The third-order valence-corrected chi connectivity index (χ3v) is 7.03. The van der Waals surface area contributed by atoms with Gasteiger partial charge in [0.2, 0.25) is 11.8 Å². The summed E-state index contributed by atoms with van der Waals surface area (Å²) in [5.41, 5.74) is 2.30. The number of halogens is 1. The molecule has 2 aliphatic rings. The van der Waals surface area contributed by atoms with Crippen molar-refractivity contribution in [3.63, 3.8) is 0 Å². The number of aromatic carboxylic acids is 1. The number of likely N-dealkylation sites (tertiary alicyclic amines) is 2. The number of rotatable bonds is 6. The van der Waals surface area contributed by atoms with Crippen LogP contribution in [-0.2, 0) is 16.1 Å². The first-order chi connectivity index (χ1) is 16.7. The third-order valence-electron chi connectivity index (χ3n) is 6.61. The highest BCUT2D eigenvalue weighted by Gasteiger charge is 2.41. The Labute approximate surface area is 209 Å². The summed E-state index contributed by atoms with van der Waals surface area (Å²) in [6, 6.07) is 7.93. The van der Waals surface area contributed by atoms with Gasteiger partial charge in [-0.15, -0.1) is 6.42 Å². The number of carboxylic acid groups (broad SMARTS) is 1. The first-order valence-corrected chi connectivity index (χ1v) is 11.9. The van der Waals surface area contributed by atoms with Crippen LogP contribution < -0.4 is 5.32 Å². The predicted molar refractivity (Wildman–Crippen MR) is 132 cm³/mol. The van der Waals surface area contributed by atoms with Gasteiger partial charge in [0.25, 0.3) is 0 Å². The summed E-state index contributed by atoms with van der Waals surface area (Å²) in [7, 11) is 0. The number of pyridine rings is 1. The highest BCUT2D eigenvalue weighted by Crippen LogP contribution is 2.29. The van der Waals surface area contributed by atoms with E-state index in [0.717, 1.165) is 43.1 Å². The summed E-state index contributed by atoms with van der Waals surface area (Å²) < 4.78 is 0. The fourth-order valence-electron chi connectivity index (χ4n) is 4.84. The van der Waals surface area contributed by atoms with Crippen molar-refractivity contribution in [3.8, 4) is 12.3 Å². The lowest BCUT2D eigenvalue weighted by Gasteiger charge is -2.39. The Morgan fingerprint density at radius 1 is 1.23 bits per heavy atom. The average Bonchev–Trinajstić information content (AvgIpc) is 3.23. The fourth-order valence-corrected chi connectivity index (χ4v) is 4.96. The molecule has 2 aromatic rings. The smallest absolute Gasteiger partial charge is 0.335 e. The molecule has 2 amide bonds. The van der Waals surface area contributed by atoms with Gasteiger partial charge >= 0.3 is 5.97 Å². The summed E-state index contributed by atoms with van der Waals surface area (Å²) in [6.07, 6.45) is 7.64. The Morgan fingerprint density at radius 3 is 2.63 bits per heavy atom. The molecule has 8 nitrogen and oxygen atoms in total. The number of amides is 2. The predicted octanol–water partition coefficient (Wildman–Crippen LogP) is 3.32. The van der Waals surface area contributed by atoms with Crippen LogP contribution in [0.15, 0.2) is 30.3 Å². The number of carboxylic acids is 1. The molecule has 4 rings (SSSR count). The van der Waals surface area contributed by atoms with Gasteiger partial charge in [-0.25, -0.2) is 9.78 Å². The molecule has 1 atom stereocenters. The van der Waals surface area contributed by atoms with Crippen LogP contribution in [0.1, 0.15) is 52.9 Å². The second-order valence-electron chi connectivity index (χ2n) is 9.01. The van der Waals surface area contributed by atoms with E-state index in [0.29, 0.717) is 12.8 Å². The standard InChI is InChI=1S/C26H27ClN4O4/c1-3-19-13-18(26(34)35)14-23(28-19)29-25(33)22-6-7-24(32)31(22)20-8-10-30(11-9-20)15-17-4-5-21(27)16(2)12-17/h1,4-5,12-14,20,22H,6-11,15H2,2H3,(H,34,35)(H,28,29,33)/t22-/m1/s1. The molecule has 2 N–H and O–H groups in total. The highest BCUT2D eigenvalue weighted by molar-refractivity contribution is 6.31. The number of nitrogens with zero attached hydrogens (tertiary/aromatic N) is 3. The molecule has 0 radical (unpaired) electrons. The van der Waals surface area contributed by atoms with Gasteiger partial charge in [0.1, 0.15) is 17.6 Å². The molecule has 182 valence electrons. The number of terminal acetylenes is 1. The zero-order chi connectivity index (χ0) is 25.1. The second kappa shape index (κ2) is 10.5. The second-order valence-corrected chi connectivity index (χ2v) is 9.42. The van der Waals surface area contributed by atoms with E-state index in [4.69, 9.17) is 18.0 Å². The minimum Gasteiger partial charge on any atom is -0.478 e. The molecule has 3 heterocycles. The van der Waals surface area contributed by atoms with Crippen molar-refractivity contribution in [2.45, 2.75) is 51.2 Å². The maximum Gasteiger partial charge on any atom is 0.335 e. The van der Waals surface area contributed by atoms with E-state index in [-0.39, 0.29) is 34.9 Å². The highest BCUT2D eigenvalue weighted by atomic mass is 35.5. The molecule has 35 heavy (non-hydrogen) atoms. The van der Waals surface area contributed by atoms with Crippen molar-refractivity contribution in [1.82, 2.24) is 14.8 Å². The molecule has 0 aliphatic carbocycles. The van der Waals surface area contributed by atoms with Crippen LogP contribution in [0.2, 0.25) is 5.02 Å². The molecule has 2 aliphatic heterocycles. The first kappa shape index (κ1) is 24.7. The Kier molecular flexibility index (Phi) is 7.39. The molecule has 0 saturated carbocycles. The average molecular weight is 495 g/mol. The van der Waals surface area contributed by atoms with E-state index >= 15 is 0 Å². The summed E-state index contributed by atoms with van der Waals surface area (Å²) in [5.74, 6) is 0.779. The molecule has 0 bridgehead atoms. The molecule has 0 spiro atoms. The number of benzene rings is 1. The lowest BCUT2D eigenvalue weighted by molar-refractivity contribution is -0.136. The quantitative estimate of drug-likeness (QED) is 0.597. The lowest BCUT2D eigenvalue weighted by atomic mass is 10.0. The monoisotopic (exact) mass is 494 g/mol. The molecule has 9 heteroatoms. The Hall–Kier alpha value is -3.41. The number of carbonyl (C=O) groups excluding carboxylic acids is 2. The molecular weight excluding hydrogens is 468 g/mol. The molecule has 0 unspecified atom stereocenters. The van der Waals surface area contributed by atoms with Crippen LogP contribution >= 0.6 is 11.6 Å². The van der Waals surface area contributed by atoms with E-state index in [2.05, 4.69) is 27.2 Å². The summed E-state index contributed by atoms with van der Waals surface area (Å²) in [6.45, 7) is 4.44. The van der Waals surface area contributed by atoms with Crippen LogP contribution in [0.3, 0.4) is 0 Å². The van der Waals surface area contributed by atoms with Gasteiger partial charge in [0.15, 0.2) is 0 Å². The fraction of sp³-hybridized carbons (Fsp3) is 0.385. The van der Waals surface area contributed by atoms with Gasteiger partial charge in [-0.05, 0) is 55.5 Å². The Balaban J connectivity index is 1.40. The zero-order valence-corrected chi connectivity index (χ0v) is 20.2. The van der Waals surface area contributed by atoms with Crippen molar-refractivity contribution in [3.05, 3.63) is 57.7 Å². The van der Waals surface area contributed by atoms with Gasteiger partial charge < -0.3 is 15.3 Å². The SMILES string of the molecule is C#Cc1cc(C(=O)O)cc(NC(=O)[C@H]2CCC(=O)N2C2CCN(Cc3ccc(Cl)c(C)c3)CC2)n1. The van der Waals surface area contributed by atoms with Gasteiger partial charge in [0, 0.05) is 37.1 Å². The van der Waals surface area contributed by atoms with E-state index in [9.17, 15) is 19.5 Å². The summed E-state index contributed by atoms with van der Waals surface area (Å²) >= 11 is 6.13. The minimum atomic E-state index is -1.17. The van der Waals surface area contributed by atoms with Crippen LogP contribution in [0.4, 0.5) is 5.82 Å². The van der Waals surface area contributed by atoms with Crippen molar-refractivity contribution in [1.29, 1.82) is 0 Å². The number of carbonyl (C=O) groups is 3. The number of nitrogens with one attached hydrogen (secondary N) is 1. The third kappa shape index (κ3) is 5.64. The van der Waals surface area contributed by atoms with Crippen molar-refractivity contribution in [2.75, 3.05) is 18.4 Å². The van der Waals surface area contributed by atoms with E-state index in [1.54, 1.807) is 4.90 Å². The van der Waals surface area contributed by atoms with Crippen LogP contribution in [0, 0.1) is 19.3 Å².